The summed E-state index contributed by atoms with van der Waals surface area (Å²) in [5.74, 6) is 5.75. The first-order valence-electron chi connectivity index (χ1n) is 7.23. The van der Waals surface area contributed by atoms with Gasteiger partial charge >= 0.3 is 0 Å². The molecule has 0 spiro atoms. The Hall–Kier alpha value is -1.83. The molecule has 0 radical (unpaired) electrons. The number of rotatable bonds is 5. The fraction of sp³-hybridized carbons (Fsp3) is 0.471. The second-order valence-corrected chi connectivity index (χ2v) is 5.37. The van der Waals surface area contributed by atoms with Gasteiger partial charge in [0.1, 0.15) is 0 Å². The molecule has 0 bridgehead atoms. The van der Waals surface area contributed by atoms with Crippen molar-refractivity contribution < 1.29 is 4.79 Å². The smallest absolute Gasteiger partial charge is 0.251 e. The van der Waals surface area contributed by atoms with E-state index in [9.17, 15) is 4.79 Å². The number of nitrogens with one attached hydrogen (secondary N) is 1. The van der Waals surface area contributed by atoms with Crippen LogP contribution in [0, 0.1) is 18.8 Å². The number of amides is 1. The van der Waals surface area contributed by atoms with Gasteiger partial charge in [-0.05, 0) is 45.5 Å². The Labute approximate surface area is 127 Å². The van der Waals surface area contributed by atoms with E-state index >= 15 is 0 Å². The molecule has 1 amide bonds. The van der Waals surface area contributed by atoms with Gasteiger partial charge in [-0.15, -0.1) is 0 Å². The first-order valence-corrected chi connectivity index (χ1v) is 7.23. The summed E-state index contributed by atoms with van der Waals surface area (Å²) in [5.41, 5.74) is 7.92. The number of aryl methyl sites for hydroxylation is 1. The van der Waals surface area contributed by atoms with E-state index in [1.54, 1.807) is 0 Å². The van der Waals surface area contributed by atoms with E-state index in [1.807, 2.05) is 32.2 Å². The maximum absolute atomic E-state index is 12.1. The monoisotopic (exact) mass is 287 g/mol. The molecule has 0 heterocycles. The van der Waals surface area contributed by atoms with Gasteiger partial charge in [0.15, 0.2) is 0 Å². The molecular weight excluding hydrogens is 262 g/mol. The molecule has 0 fully saturated rings. The van der Waals surface area contributed by atoms with E-state index in [2.05, 4.69) is 35.9 Å². The normalized spacial score (nSPS) is 10.4. The van der Waals surface area contributed by atoms with Crippen molar-refractivity contribution in [1.29, 1.82) is 0 Å². The summed E-state index contributed by atoms with van der Waals surface area (Å²) in [7, 11) is 2.04. The van der Waals surface area contributed by atoms with E-state index in [0.717, 1.165) is 17.7 Å². The number of hydrogen-bond donors (Lipinski definition) is 2. The van der Waals surface area contributed by atoms with Crippen molar-refractivity contribution >= 4 is 5.91 Å². The van der Waals surface area contributed by atoms with E-state index in [0.29, 0.717) is 24.7 Å². The summed E-state index contributed by atoms with van der Waals surface area (Å²) < 4.78 is 0. The van der Waals surface area contributed by atoms with Crippen LogP contribution in [0.5, 0.6) is 0 Å². The van der Waals surface area contributed by atoms with E-state index in [4.69, 9.17) is 5.73 Å². The third-order valence-electron chi connectivity index (χ3n) is 3.46. The molecule has 1 aromatic carbocycles. The average Bonchev–Trinajstić information content (AvgIpc) is 2.45. The fourth-order valence-electron chi connectivity index (χ4n) is 1.75. The second-order valence-electron chi connectivity index (χ2n) is 5.37. The number of likely N-dealkylation sites (N-methyl/N-ethyl adjacent to an activating group) is 1. The van der Waals surface area contributed by atoms with Gasteiger partial charge in [-0.2, -0.15) is 0 Å². The predicted octanol–water partition coefficient (Wildman–Crippen LogP) is 1.38. The molecular formula is C17H25N3O. The molecule has 0 atom stereocenters. The topological polar surface area (TPSA) is 58.4 Å². The van der Waals surface area contributed by atoms with Crippen LogP contribution in [0.2, 0.25) is 0 Å². The number of benzene rings is 1. The van der Waals surface area contributed by atoms with E-state index < -0.39 is 0 Å². The van der Waals surface area contributed by atoms with Gasteiger partial charge in [0.2, 0.25) is 0 Å². The second kappa shape index (κ2) is 8.46. The Morgan fingerprint density at radius 3 is 2.76 bits per heavy atom. The number of hydrogen-bond acceptors (Lipinski definition) is 3. The van der Waals surface area contributed by atoms with Crippen molar-refractivity contribution in [3.05, 3.63) is 34.9 Å². The quantitative estimate of drug-likeness (QED) is 0.804. The molecule has 21 heavy (non-hydrogen) atoms. The Bertz CT molecular complexity index is 541. The average molecular weight is 287 g/mol. The van der Waals surface area contributed by atoms with Gasteiger partial charge in [-0.1, -0.05) is 17.9 Å². The Balaban J connectivity index is 2.66. The SMILES string of the molecule is Cc1ccc(C(=O)NCCN(C)C(C)C)cc1C#CCN. The van der Waals surface area contributed by atoms with Crippen molar-refractivity contribution in [2.24, 2.45) is 5.73 Å². The number of carbonyl (C=O) groups is 1. The van der Waals surface area contributed by atoms with Gasteiger partial charge in [0, 0.05) is 30.3 Å². The van der Waals surface area contributed by atoms with E-state index in [1.165, 1.54) is 0 Å². The third-order valence-corrected chi connectivity index (χ3v) is 3.46. The lowest BCUT2D eigenvalue weighted by Gasteiger charge is -2.20. The van der Waals surface area contributed by atoms with Crippen LogP contribution < -0.4 is 11.1 Å². The van der Waals surface area contributed by atoms with Crippen LogP contribution in [0.15, 0.2) is 18.2 Å². The van der Waals surface area contributed by atoms with Crippen molar-refractivity contribution in [1.82, 2.24) is 10.2 Å². The molecule has 0 saturated heterocycles. The standard InChI is InChI=1S/C17H25N3O/c1-13(2)20(4)11-10-19-17(21)16-8-7-14(3)15(12-16)6-5-9-18/h7-8,12-13H,9-11,18H2,1-4H3,(H,19,21). The zero-order valence-corrected chi connectivity index (χ0v) is 13.4. The number of nitrogens with two attached hydrogens (primary N) is 1. The van der Waals surface area contributed by atoms with Crippen molar-refractivity contribution in [3.63, 3.8) is 0 Å². The van der Waals surface area contributed by atoms with Gasteiger partial charge in [-0.3, -0.25) is 4.79 Å². The zero-order valence-electron chi connectivity index (χ0n) is 13.4. The Morgan fingerprint density at radius 2 is 2.14 bits per heavy atom. The lowest BCUT2D eigenvalue weighted by atomic mass is 10.0. The minimum atomic E-state index is -0.0667. The molecule has 3 N–H and O–H groups in total. The molecule has 0 aliphatic carbocycles. The number of carbonyl (C=O) groups excluding carboxylic acids is 1. The molecule has 1 rings (SSSR count). The van der Waals surface area contributed by atoms with Gasteiger partial charge < -0.3 is 16.0 Å². The van der Waals surface area contributed by atoms with Crippen molar-refractivity contribution in [3.8, 4) is 11.8 Å². The Morgan fingerprint density at radius 1 is 1.43 bits per heavy atom. The lowest BCUT2D eigenvalue weighted by Crippen LogP contribution is -2.36. The summed E-state index contributed by atoms with van der Waals surface area (Å²) in [6.07, 6.45) is 0. The molecule has 4 nitrogen and oxygen atoms in total. The van der Waals surface area contributed by atoms with Gasteiger partial charge in [-0.25, -0.2) is 0 Å². The molecule has 4 heteroatoms. The highest BCUT2D eigenvalue weighted by molar-refractivity contribution is 5.94. The zero-order chi connectivity index (χ0) is 15.8. The van der Waals surface area contributed by atoms with Crippen LogP contribution in [-0.4, -0.2) is 43.5 Å². The van der Waals surface area contributed by atoms with Gasteiger partial charge in [0.05, 0.1) is 6.54 Å². The third kappa shape index (κ3) is 5.58. The minimum Gasteiger partial charge on any atom is -0.351 e. The molecule has 1 aromatic rings. The first-order chi connectivity index (χ1) is 9.95. The highest BCUT2D eigenvalue weighted by Gasteiger charge is 2.08. The van der Waals surface area contributed by atoms with Crippen LogP contribution in [-0.2, 0) is 0 Å². The fourth-order valence-corrected chi connectivity index (χ4v) is 1.75. The lowest BCUT2D eigenvalue weighted by molar-refractivity contribution is 0.0948. The highest BCUT2D eigenvalue weighted by Crippen LogP contribution is 2.10. The molecule has 114 valence electrons. The molecule has 0 aliphatic rings. The van der Waals surface area contributed by atoms with Crippen LogP contribution in [0.3, 0.4) is 0 Å². The van der Waals surface area contributed by atoms with Crippen LogP contribution >= 0.6 is 0 Å². The highest BCUT2D eigenvalue weighted by atomic mass is 16.1. The van der Waals surface area contributed by atoms with Crippen LogP contribution in [0.4, 0.5) is 0 Å². The minimum absolute atomic E-state index is 0.0667. The molecule has 0 saturated carbocycles. The number of nitrogens with zero attached hydrogens (tertiary/aromatic N) is 1. The van der Waals surface area contributed by atoms with Gasteiger partial charge in [0.25, 0.3) is 5.91 Å². The van der Waals surface area contributed by atoms with Crippen molar-refractivity contribution in [2.45, 2.75) is 26.8 Å². The summed E-state index contributed by atoms with van der Waals surface area (Å²) in [6.45, 7) is 8.01. The first kappa shape index (κ1) is 17.2. The summed E-state index contributed by atoms with van der Waals surface area (Å²) in [6, 6.07) is 6.03. The van der Waals surface area contributed by atoms with Crippen molar-refractivity contribution in [2.75, 3.05) is 26.7 Å². The Kier molecular flexibility index (Phi) is 6.93. The predicted molar refractivity (Wildman–Crippen MR) is 87.2 cm³/mol. The summed E-state index contributed by atoms with van der Waals surface area (Å²) in [5, 5.41) is 2.93. The molecule has 0 unspecified atom stereocenters. The van der Waals surface area contributed by atoms with Crippen LogP contribution in [0.25, 0.3) is 0 Å². The maximum Gasteiger partial charge on any atom is 0.251 e. The summed E-state index contributed by atoms with van der Waals surface area (Å²) >= 11 is 0. The summed E-state index contributed by atoms with van der Waals surface area (Å²) in [4.78, 5) is 14.3. The molecule has 0 aliphatic heterocycles. The maximum atomic E-state index is 12.1. The molecule has 0 aromatic heterocycles. The largest absolute Gasteiger partial charge is 0.351 e. The van der Waals surface area contributed by atoms with E-state index in [-0.39, 0.29) is 5.91 Å². The van der Waals surface area contributed by atoms with Crippen LogP contribution in [0.1, 0.15) is 35.3 Å².